The summed E-state index contributed by atoms with van der Waals surface area (Å²) < 4.78 is 0. The number of hydrogen-bond acceptors (Lipinski definition) is 2. The van der Waals surface area contributed by atoms with E-state index in [9.17, 15) is 5.11 Å². The molecule has 1 aliphatic rings. The molecule has 0 heterocycles. The molecule has 16 heavy (non-hydrogen) atoms. The third-order valence-electron chi connectivity index (χ3n) is 3.69. The zero-order valence-corrected chi connectivity index (χ0v) is 10.2. The molecule has 2 N–H and O–H groups in total. The number of hydrogen-bond donors (Lipinski definition) is 2. The van der Waals surface area contributed by atoms with E-state index in [0.29, 0.717) is 5.75 Å². The van der Waals surface area contributed by atoms with Crippen molar-refractivity contribution in [2.45, 2.75) is 39.5 Å². The highest BCUT2D eigenvalue weighted by atomic mass is 16.3. The summed E-state index contributed by atoms with van der Waals surface area (Å²) in [6, 6.07) is 4.04. The zero-order valence-electron chi connectivity index (χ0n) is 10.2. The van der Waals surface area contributed by atoms with Crippen LogP contribution in [0.5, 0.6) is 5.75 Å². The van der Waals surface area contributed by atoms with Gasteiger partial charge >= 0.3 is 0 Å². The Bertz CT molecular complexity index is 367. The van der Waals surface area contributed by atoms with Gasteiger partial charge in [0.2, 0.25) is 0 Å². The van der Waals surface area contributed by atoms with Crippen molar-refractivity contribution < 1.29 is 5.11 Å². The van der Waals surface area contributed by atoms with Gasteiger partial charge in [0.15, 0.2) is 0 Å². The SMILES string of the molecule is Cc1ccc(NCC2CCCC2)c(C)c1O. The maximum absolute atomic E-state index is 9.84. The lowest BCUT2D eigenvalue weighted by atomic mass is 10.1. The molecule has 2 nitrogen and oxygen atoms in total. The molecular weight excluding hydrogens is 198 g/mol. The van der Waals surface area contributed by atoms with Gasteiger partial charge in [-0.3, -0.25) is 0 Å². The van der Waals surface area contributed by atoms with Gasteiger partial charge in [-0.15, -0.1) is 0 Å². The lowest BCUT2D eigenvalue weighted by Gasteiger charge is -2.15. The number of nitrogens with one attached hydrogen (secondary N) is 1. The molecule has 2 rings (SSSR count). The summed E-state index contributed by atoms with van der Waals surface area (Å²) in [6.45, 7) is 4.95. The number of phenolic OH excluding ortho intramolecular Hbond substituents is 1. The Labute approximate surface area is 97.7 Å². The largest absolute Gasteiger partial charge is 0.507 e. The fourth-order valence-corrected chi connectivity index (χ4v) is 2.50. The van der Waals surface area contributed by atoms with E-state index in [0.717, 1.165) is 29.3 Å². The summed E-state index contributed by atoms with van der Waals surface area (Å²) in [5.74, 6) is 1.25. The van der Waals surface area contributed by atoms with Crippen LogP contribution in [0, 0.1) is 19.8 Å². The van der Waals surface area contributed by atoms with E-state index >= 15 is 0 Å². The third-order valence-corrected chi connectivity index (χ3v) is 3.69. The highest BCUT2D eigenvalue weighted by Gasteiger charge is 2.15. The Morgan fingerprint density at radius 1 is 1.25 bits per heavy atom. The molecule has 0 saturated heterocycles. The average Bonchev–Trinajstić information content (AvgIpc) is 2.78. The molecule has 1 saturated carbocycles. The minimum absolute atomic E-state index is 0.427. The van der Waals surface area contributed by atoms with Crippen LogP contribution in [0.3, 0.4) is 0 Å². The van der Waals surface area contributed by atoms with Gasteiger partial charge in [-0.25, -0.2) is 0 Å². The Balaban J connectivity index is 2.01. The Morgan fingerprint density at radius 2 is 1.94 bits per heavy atom. The predicted molar refractivity (Wildman–Crippen MR) is 68.0 cm³/mol. The molecular formula is C14H21NO. The van der Waals surface area contributed by atoms with Crippen molar-refractivity contribution in [3.05, 3.63) is 23.3 Å². The number of aryl methyl sites for hydroxylation is 1. The average molecular weight is 219 g/mol. The molecule has 0 unspecified atom stereocenters. The molecule has 2 heteroatoms. The fraction of sp³-hybridized carbons (Fsp3) is 0.571. The first-order chi connectivity index (χ1) is 7.68. The van der Waals surface area contributed by atoms with Crippen molar-refractivity contribution in [2.24, 2.45) is 5.92 Å². The summed E-state index contributed by atoms with van der Waals surface area (Å²) in [6.07, 6.45) is 5.46. The monoisotopic (exact) mass is 219 g/mol. The third kappa shape index (κ3) is 2.31. The molecule has 0 aromatic heterocycles. The van der Waals surface area contributed by atoms with Gasteiger partial charge in [0.25, 0.3) is 0 Å². The van der Waals surface area contributed by atoms with E-state index in [2.05, 4.69) is 11.4 Å². The van der Waals surface area contributed by atoms with Crippen LogP contribution in [0.1, 0.15) is 36.8 Å². The number of rotatable bonds is 3. The van der Waals surface area contributed by atoms with Crippen molar-refractivity contribution in [3.8, 4) is 5.75 Å². The number of anilines is 1. The molecule has 0 radical (unpaired) electrons. The second kappa shape index (κ2) is 4.77. The minimum Gasteiger partial charge on any atom is -0.507 e. The van der Waals surface area contributed by atoms with Crippen molar-refractivity contribution >= 4 is 5.69 Å². The van der Waals surface area contributed by atoms with E-state index in [1.165, 1.54) is 25.7 Å². The first-order valence-corrected chi connectivity index (χ1v) is 6.21. The number of phenols is 1. The lowest BCUT2D eigenvalue weighted by Crippen LogP contribution is -2.11. The Morgan fingerprint density at radius 3 is 2.62 bits per heavy atom. The van der Waals surface area contributed by atoms with Crippen LogP contribution in [0.25, 0.3) is 0 Å². The predicted octanol–water partition coefficient (Wildman–Crippen LogP) is 3.61. The minimum atomic E-state index is 0.427. The standard InChI is InChI=1S/C14H21NO/c1-10-7-8-13(11(2)14(10)16)15-9-12-5-3-4-6-12/h7-8,12,15-16H,3-6,9H2,1-2H3. The summed E-state index contributed by atoms with van der Waals surface area (Å²) in [4.78, 5) is 0. The van der Waals surface area contributed by atoms with Crippen LogP contribution in [0.4, 0.5) is 5.69 Å². The molecule has 1 aromatic rings. The van der Waals surface area contributed by atoms with Crippen LogP contribution in [0.15, 0.2) is 12.1 Å². The maximum Gasteiger partial charge on any atom is 0.123 e. The van der Waals surface area contributed by atoms with Gasteiger partial charge in [0.1, 0.15) is 5.75 Å². The van der Waals surface area contributed by atoms with Crippen molar-refractivity contribution in [3.63, 3.8) is 0 Å². The maximum atomic E-state index is 9.84. The molecule has 0 aliphatic heterocycles. The molecule has 0 amide bonds. The number of aromatic hydroxyl groups is 1. The van der Waals surface area contributed by atoms with Crippen molar-refractivity contribution in [2.75, 3.05) is 11.9 Å². The number of benzene rings is 1. The fourth-order valence-electron chi connectivity index (χ4n) is 2.50. The van der Waals surface area contributed by atoms with Gasteiger partial charge in [0, 0.05) is 17.8 Å². The van der Waals surface area contributed by atoms with Gasteiger partial charge < -0.3 is 10.4 Å². The van der Waals surface area contributed by atoms with Gasteiger partial charge in [-0.05, 0) is 44.2 Å². The summed E-state index contributed by atoms with van der Waals surface area (Å²) >= 11 is 0. The zero-order chi connectivity index (χ0) is 11.5. The van der Waals surface area contributed by atoms with E-state index < -0.39 is 0 Å². The summed E-state index contributed by atoms with van der Waals surface area (Å²) in [5, 5.41) is 13.3. The van der Waals surface area contributed by atoms with Crippen LogP contribution in [-0.4, -0.2) is 11.7 Å². The lowest BCUT2D eigenvalue weighted by molar-refractivity contribution is 0.467. The van der Waals surface area contributed by atoms with E-state index in [1.807, 2.05) is 19.9 Å². The topological polar surface area (TPSA) is 32.3 Å². The molecule has 1 fully saturated rings. The molecule has 88 valence electrons. The molecule has 0 atom stereocenters. The first kappa shape index (κ1) is 11.3. The molecule has 0 bridgehead atoms. The van der Waals surface area contributed by atoms with Gasteiger partial charge in [-0.1, -0.05) is 18.9 Å². The molecule has 1 aliphatic carbocycles. The van der Waals surface area contributed by atoms with E-state index in [4.69, 9.17) is 0 Å². The van der Waals surface area contributed by atoms with Crippen LogP contribution in [-0.2, 0) is 0 Å². The summed E-state index contributed by atoms with van der Waals surface area (Å²) in [5.41, 5.74) is 3.00. The molecule has 0 spiro atoms. The summed E-state index contributed by atoms with van der Waals surface area (Å²) in [7, 11) is 0. The first-order valence-electron chi connectivity index (χ1n) is 6.21. The van der Waals surface area contributed by atoms with E-state index in [-0.39, 0.29) is 0 Å². The highest BCUT2D eigenvalue weighted by molar-refractivity contribution is 5.59. The van der Waals surface area contributed by atoms with Crippen LogP contribution < -0.4 is 5.32 Å². The van der Waals surface area contributed by atoms with E-state index in [1.54, 1.807) is 0 Å². The van der Waals surface area contributed by atoms with Crippen LogP contribution in [0.2, 0.25) is 0 Å². The molecule has 1 aromatic carbocycles. The van der Waals surface area contributed by atoms with Crippen molar-refractivity contribution in [1.82, 2.24) is 0 Å². The van der Waals surface area contributed by atoms with Crippen molar-refractivity contribution in [1.29, 1.82) is 0 Å². The second-order valence-electron chi connectivity index (χ2n) is 4.94. The highest BCUT2D eigenvalue weighted by Crippen LogP contribution is 2.30. The van der Waals surface area contributed by atoms with Gasteiger partial charge in [-0.2, -0.15) is 0 Å². The smallest absolute Gasteiger partial charge is 0.123 e. The second-order valence-corrected chi connectivity index (χ2v) is 4.94. The van der Waals surface area contributed by atoms with Gasteiger partial charge in [0.05, 0.1) is 0 Å². The normalized spacial score (nSPS) is 16.6. The Hall–Kier alpha value is -1.18. The van der Waals surface area contributed by atoms with Crippen LogP contribution >= 0.6 is 0 Å². The Kier molecular flexibility index (Phi) is 3.37. The quantitative estimate of drug-likeness (QED) is 0.814.